The fraction of sp³-hybridized carbons (Fsp3) is 0.423. The van der Waals surface area contributed by atoms with Gasteiger partial charge >= 0.3 is 0 Å². The maximum atomic E-state index is 13.3. The molecule has 186 valence electrons. The SMILES string of the molecule is CC(=O)c1cccc(NC(=O)CN2C(=O)C(C)(C)c3cc(S(=O)(=O)N4CCC[C@H](C)C4)ccc32)c1. The molecule has 2 aromatic carbocycles. The highest BCUT2D eigenvalue weighted by Gasteiger charge is 2.45. The first kappa shape index (κ1) is 25.1. The van der Waals surface area contributed by atoms with Crippen LogP contribution in [-0.4, -0.2) is 50.0 Å². The summed E-state index contributed by atoms with van der Waals surface area (Å²) in [6, 6.07) is 11.3. The van der Waals surface area contributed by atoms with Gasteiger partial charge in [0.25, 0.3) is 0 Å². The van der Waals surface area contributed by atoms with Crippen LogP contribution in [0.25, 0.3) is 0 Å². The van der Waals surface area contributed by atoms with Crippen LogP contribution >= 0.6 is 0 Å². The molecule has 9 heteroatoms. The summed E-state index contributed by atoms with van der Waals surface area (Å²) in [5.74, 6) is -0.504. The van der Waals surface area contributed by atoms with Crippen molar-refractivity contribution < 1.29 is 22.8 Å². The first-order valence-corrected chi connectivity index (χ1v) is 13.2. The van der Waals surface area contributed by atoms with E-state index in [1.165, 1.54) is 22.2 Å². The van der Waals surface area contributed by atoms with Crippen molar-refractivity contribution in [3.63, 3.8) is 0 Å². The Morgan fingerprint density at radius 3 is 2.57 bits per heavy atom. The molecule has 0 aromatic heterocycles. The zero-order chi connectivity index (χ0) is 25.5. The molecule has 2 aliphatic rings. The number of rotatable bonds is 6. The van der Waals surface area contributed by atoms with Crippen molar-refractivity contribution in [2.24, 2.45) is 5.92 Å². The number of fused-ring (bicyclic) bond motifs is 1. The number of carbonyl (C=O) groups excluding carboxylic acids is 3. The molecule has 4 rings (SSSR count). The van der Waals surface area contributed by atoms with Crippen LogP contribution in [0.3, 0.4) is 0 Å². The summed E-state index contributed by atoms with van der Waals surface area (Å²) < 4.78 is 28.1. The van der Waals surface area contributed by atoms with Gasteiger partial charge in [0.05, 0.1) is 10.3 Å². The van der Waals surface area contributed by atoms with E-state index in [1.54, 1.807) is 50.2 Å². The van der Waals surface area contributed by atoms with Gasteiger partial charge in [0.15, 0.2) is 5.78 Å². The van der Waals surface area contributed by atoms with Gasteiger partial charge in [-0.3, -0.25) is 14.4 Å². The zero-order valence-corrected chi connectivity index (χ0v) is 21.3. The van der Waals surface area contributed by atoms with E-state index in [0.29, 0.717) is 41.5 Å². The molecular formula is C26H31N3O5S. The van der Waals surface area contributed by atoms with Gasteiger partial charge in [-0.05, 0) is 75.4 Å². The Morgan fingerprint density at radius 1 is 1.14 bits per heavy atom. The van der Waals surface area contributed by atoms with Gasteiger partial charge in [-0.25, -0.2) is 8.42 Å². The number of amides is 2. The highest BCUT2D eigenvalue weighted by molar-refractivity contribution is 7.89. The summed E-state index contributed by atoms with van der Waals surface area (Å²) in [5.41, 5.74) is 1.07. The molecule has 0 aliphatic carbocycles. The van der Waals surface area contributed by atoms with Crippen LogP contribution in [0, 0.1) is 5.92 Å². The maximum Gasteiger partial charge on any atom is 0.244 e. The molecule has 1 atom stereocenters. The number of hydrogen-bond donors (Lipinski definition) is 1. The molecule has 35 heavy (non-hydrogen) atoms. The van der Waals surface area contributed by atoms with Gasteiger partial charge in [0.1, 0.15) is 6.54 Å². The van der Waals surface area contributed by atoms with Crippen molar-refractivity contribution in [1.29, 1.82) is 0 Å². The van der Waals surface area contributed by atoms with Crippen molar-refractivity contribution >= 4 is 39.0 Å². The number of nitrogens with one attached hydrogen (secondary N) is 1. The Bertz CT molecular complexity index is 1300. The molecule has 1 fully saturated rings. The second kappa shape index (κ2) is 9.20. The lowest BCUT2D eigenvalue weighted by Crippen LogP contribution is -2.40. The van der Waals surface area contributed by atoms with Gasteiger partial charge in [-0.2, -0.15) is 4.31 Å². The second-order valence-electron chi connectivity index (χ2n) is 9.99. The minimum Gasteiger partial charge on any atom is -0.325 e. The smallest absolute Gasteiger partial charge is 0.244 e. The van der Waals surface area contributed by atoms with Crippen LogP contribution in [-0.2, 0) is 25.0 Å². The van der Waals surface area contributed by atoms with Crippen LogP contribution in [0.2, 0.25) is 0 Å². The Labute approximate surface area is 206 Å². The number of benzene rings is 2. The largest absolute Gasteiger partial charge is 0.325 e. The average Bonchev–Trinajstić information content (AvgIpc) is 2.99. The molecule has 2 heterocycles. The minimum atomic E-state index is -3.68. The van der Waals surface area contributed by atoms with Gasteiger partial charge in [0, 0.05) is 30.0 Å². The molecule has 0 unspecified atom stereocenters. The van der Waals surface area contributed by atoms with E-state index in [4.69, 9.17) is 0 Å². The van der Waals surface area contributed by atoms with Crippen LogP contribution in [0.15, 0.2) is 47.4 Å². The number of hydrogen-bond acceptors (Lipinski definition) is 5. The summed E-state index contributed by atoms with van der Waals surface area (Å²) in [6.07, 6.45) is 1.83. The molecule has 0 bridgehead atoms. The first-order chi connectivity index (χ1) is 16.4. The topological polar surface area (TPSA) is 104 Å². The summed E-state index contributed by atoms with van der Waals surface area (Å²) in [5, 5.41) is 2.74. The highest BCUT2D eigenvalue weighted by Crippen LogP contribution is 2.43. The molecule has 0 saturated carbocycles. The van der Waals surface area contributed by atoms with E-state index in [2.05, 4.69) is 5.32 Å². The monoisotopic (exact) mass is 497 g/mol. The Balaban J connectivity index is 1.59. The molecule has 8 nitrogen and oxygen atoms in total. The van der Waals surface area contributed by atoms with Crippen molar-refractivity contribution in [1.82, 2.24) is 4.31 Å². The lowest BCUT2D eigenvalue weighted by molar-refractivity contribution is -0.124. The molecular weight excluding hydrogens is 466 g/mol. The van der Waals surface area contributed by atoms with Crippen LogP contribution in [0.1, 0.15) is 56.5 Å². The van der Waals surface area contributed by atoms with Gasteiger partial charge < -0.3 is 10.2 Å². The molecule has 2 amide bonds. The Hall–Kier alpha value is -3.04. The predicted octanol–water partition coefficient (Wildman–Crippen LogP) is 3.57. The van der Waals surface area contributed by atoms with E-state index < -0.39 is 21.3 Å². The highest BCUT2D eigenvalue weighted by atomic mass is 32.2. The van der Waals surface area contributed by atoms with E-state index in [-0.39, 0.29) is 23.1 Å². The van der Waals surface area contributed by atoms with Gasteiger partial charge in [0.2, 0.25) is 21.8 Å². The number of anilines is 2. The summed E-state index contributed by atoms with van der Waals surface area (Å²) in [6.45, 7) is 7.72. The molecule has 1 N–H and O–H groups in total. The van der Waals surface area contributed by atoms with E-state index in [1.807, 2.05) is 6.92 Å². The van der Waals surface area contributed by atoms with E-state index in [9.17, 15) is 22.8 Å². The number of ketones is 1. The molecule has 2 aliphatic heterocycles. The zero-order valence-electron chi connectivity index (χ0n) is 20.5. The van der Waals surface area contributed by atoms with Crippen LogP contribution < -0.4 is 10.2 Å². The second-order valence-corrected chi connectivity index (χ2v) is 11.9. The maximum absolute atomic E-state index is 13.3. The number of Topliss-reactive ketones (excluding diaryl/α,β-unsaturated/α-hetero) is 1. The minimum absolute atomic E-state index is 0.115. The lowest BCUT2D eigenvalue weighted by atomic mass is 9.86. The number of sulfonamides is 1. The van der Waals surface area contributed by atoms with Crippen molar-refractivity contribution in [3.8, 4) is 0 Å². The number of carbonyl (C=O) groups is 3. The third-order valence-electron chi connectivity index (χ3n) is 6.82. The fourth-order valence-corrected chi connectivity index (χ4v) is 6.43. The molecule has 1 saturated heterocycles. The summed E-state index contributed by atoms with van der Waals surface area (Å²) >= 11 is 0. The Morgan fingerprint density at radius 2 is 1.89 bits per heavy atom. The van der Waals surface area contributed by atoms with E-state index in [0.717, 1.165) is 12.8 Å². The molecule has 0 radical (unpaired) electrons. The van der Waals surface area contributed by atoms with Crippen molar-refractivity contribution in [2.75, 3.05) is 29.9 Å². The lowest BCUT2D eigenvalue weighted by Gasteiger charge is -2.30. The van der Waals surface area contributed by atoms with E-state index >= 15 is 0 Å². The predicted molar refractivity (Wildman–Crippen MR) is 134 cm³/mol. The summed E-state index contributed by atoms with van der Waals surface area (Å²) in [4.78, 5) is 39.2. The number of piperidine rings is 1. The summed E-state index contributed by atoms with van der Waals surface area (Å²) in [7, 11) is -3.68. The number of nitrogens with zero attached hydrogens (tertiary/aromatic N) is 2. The van der Waals surface area contributed by atoms with Crippen molar-refractivity contribution in [3.05, 3.63) is 53.6 Å². The fourth-order valence-electron chi connectivity index (χ4n) is 4.80. The standard InChI is InChI=1S/C26H31N3O5S/c1-17-7-6-12-28(15-17)35(33,34)21-10-11-23-22(14-21)26(3,4)25(32)29(23)16-24(31)27-20-9-5-8-19(13-20)18(2)30/h5,8-11,13-14,17H,6-7,12,15-16H2,1-4H3,(H,27,31)/t17-/m0/s1. The van der Waals surface area contributed by atoms with Gasteiger partial charge in [-0.15, -0.1) is 0 Å². The van der Waals surface area contributed by atoms with Gasteiger partial charge in [-0.1, -0.05) is 19.1 Å². The first-order valence-electron chi connectivity index (χ1n) is 11.8. The molecule has 0 spiro atoms. The average molecular weight is 498 g/mol. The Kier molecular flexibility index (Phi) is 6.59. The normalized spacial score (nSPS) is 19.9. The third-order valence-corrected chi connectivity index (χ3v) is 8.69. The van der Waals surface area contributed by atoms with Crippen LogP contribution in [0.5, 0.6) is 0 Å². The van der Waals surface area contributed by atoms with Crippen molar-refractivity contribution in [2.45, 2.75) is 50.8 Å². The third kappa shape index (κ3) is 4.75. The van der Waals surface area contributed by atoms with Crippen LogP contribution in [0.4, 0.5) is 11.4 Å². The molecule has 2 aromatic rings. The quantitative estimate of drug-likeness (QED) is 0.615.